The van der Waals surface area contributed by atoms with Crippen molar-refractivity contribution in [2.24, 2.45) is 0 Å². The van der Waals surface area contributed by atoms with Crippen molar-refractivity contribution < 1.29 is 0 Å². The molecule has 0 radical (unpaired) electrons. The first-order valence-corrected chi connectivity index (χ1v) is 30.6. The maximum Gasteiger partial charge on any atom is 0.252 e. The number of para-hydroxylation sites is 3. The SMILES string of the molecule is CC(C)(C)c1cc(-c2ccccc2)c(N2c3cc4c5ccccc5n(-c5ccccc5)c4cc3B3c4c2cc(-c2ccccc2)cc4-n2c4ccccc4c4c5c(cc3c42)C(c2ccccc2)(c2ccccc2)c2ccccc2-5)c(-c2ccccc2)c1. The fourth-order valence-corrected chi connectivity index (χ4v) is 15.8. The van der Waals surface area contributed by atoms with Gasteiger partial charge in [0.05, 0.1) is 33.2 Å². The van der Waals surface area contributed by atoms with Crippen molar-refractivity contribution >= 4 is 83.8 Å². The number of nitrogens with zero attached hydrogens (tertiary/aromatic N) is 3. The summed E-state index contributed by atoms with van der Waals surface area (Å²) in [4.78, 5) is 2.72. The summed E-state index contributed by atoms with van der Waals surface area (Å²) >= 11 is 0. The Morgan fingerprint density at radius 2 is 0.874 bits per heavy atom. The highest BCUT2D eigenvalue weighted by Crippen LogP contribution is 2.60. The van der Waals surface area contributed by atoms with Crippen LogP contribution in [0.3, 0.4) is 0 Å². The van der Waals surface area contributed by atoms with Gasteiger partial charge in [-0.3, -0.25) is 0 Å². The van der Waals surface area contributed by atoms with Crippen LogP contribution < -0.4 is 21.3 Å². The topological polar surface area (TPSA) is 13.1 Å². The molecule has 1 aliphatic carbocycles. The van der Waals surface area contributed by atoms with E-state index in [9.17, 15) is 0 Å². The zero-order chi connectivity index (χ0) is 57.7. The molecule has 0 amide bonds. The molecule has 4 heteroatoms. The van der Waals surface area contributed by atoms with E-state index in [1.807, 2.05) is 0 Å². The second kappa shape index (κ2) is 18.7. The van der Waals surface area contributed by atoms with E-state index >= 15 is 0 Å². The second-order valence-corrected chi connectivity index (χ2v) is 25.1. The average Bonchev–Trinajstić information content (AvgIpc) is 1.57. The van der Waals surface area contributed by atoms with E-state index in [0.29, 0.717) is 0 Å². The lowest BCUT2D eigenvalue weighted by Gasteiger charge is -2.43. The van der Waals surface area contributed by atoms with Crippen LogP contribution in [0.1, 0.15) is 48.6 Å². The molecular formula is C83H58BN3. The van der Waals surface area contributed by atoms with Crippen LogP contribution >= 0.6 is 0 Å². The third-order valence-electron chi connectivity index (χ3n) is 19.5. The Bertz CT molecular complexity index is 5190. The van der Waals surface area contributed by atoms with Crippen molar-refractivity contribution in [1.82, 2.24) is 9.13 Å². The van der Waals surface area contributed by atoms with E-state index in [2.05, 4.69) is 332 Å². The van der Waals surface area contributed by atoms with Crippen LogP contribution in [0.2, 0.25) is 0 Å². The van der Waals surface area contributed by atoms with Gasteiger partial charge in [-0.05, 0) is 144 Å². The molecule has 15 aromatic rings. The van der Waals surface area contributed by atoms with Crippen molar-refractivity contribution in [1.29, 1.82) is 0 Å². The smallest absolute Gasteiger partial charge is 0.252 e. The van der Waals surface area contributed by atoms with Gasteiger partial charge < -0.3 is 14.0 Å². The summed E-state index contributed by atoms with van der Waals surface area (Å²) in [6, 6.07) is 113. The fourth-order valence-electron chi connectivity index (χ4n) is 15.8. The van der Waals surface area contributed by atoms with E-state index in [4.69, 9.17) is 0 Å². The lowest BCUT2D eigenvalue weighted by Crippen LogP contribution is -2.60. The van der Waals surface area contributed by atoms with Crippen LogP contribution in [0, 0.1) is 0 Å². The quantitative estimate of drug-likeness (QED) is 0.145. The lowest BCUT2D eigenvalue weighted by atomic mass is 9.33. The number of anilines is 3. The molecule has 0 N–H and O–H groups in total. The predicted octanol–water partition coefficient (Wildman–Crippen LogP) is 19.2. The summed E-state index contributed by atoms with van der Waals surface area (Å²) in [5.41, 5.74) is 29.8. The standard InChI is InChI=1S/C83H58BN3/c1-82(2,3)59-48-64(54-30-12-5-13-31-54)80(65(49-59)55-32-14-6-15-33-55)87-74-50-66-61-40-23-26-44-71(61)85(60-38-20-9-21-39-60)73(66)52-69(74)84-70-51-68-77(62-41-22-25-43-67(62)83(68,57-34-16-7-17-35-57)58-36-18-8-19-37-58)78-63-42-24-27-45-72(63)86(81(70)78)75-46-56(47-76(87)79(75)84)53-28-10-4-11-29-53/h4-52H,1-3H3. The highest BCUT2D eigenvalue weighted by molar-refractivity contribution is 7.00. The summed E-state index contributed by atoms with van der Waals surface area (Å²) in [7, 11) is 0. The van der Waals surface area contributed by atoms with Crippen LogP contribution in [-0.2, 0) is 10.8 Å². The van der Waals surface area contributed by atoms with Gasteiger partial charge in [0.1, 0.15) is 0 Å². The zero-order valence-electron chi connectivity index (χ0n) is 48.7. The number of hydrogen-bond donors (Lipinski definition) is 0. The van der Waals surface area contributed by atoms with Gasteiger partial charge in [-0.2, -0.15) is 0 Å². The molecule has 2 aliphatic heterocycles. The molecule has 3 nitrogen and oxygen atoms in total. The van der Waals surface area contributed by atoms with Crippen molar-refractivity contribution in [2.75, 3.05) is 4.90 Å². The highest BCUT2D eigenvalue weighted by Gasteiger charge is 2.51. The van der Waals surface area contributed by atoms with Crippen molar-refractivity contribution in [3.8, 4) is 55.9 Å². The van der Waals surface area contributed by atoms with Crippen molar-refractivity contribution in [3.63, 3.8) is 0 Å². The van der Waals surface area contributed by atoms with Gasteiger partial charge in [-0.25, -0.2) is 0 Å². The molecule has 0 atom stereocenters. The lowest BCUT2D eigenvalue weighted by molar-refractivity contribution is 0.591. The maximum atomic E-state index is 2.72. The van der Waals surface area contributed by atoms with E-state index in [1.165, 1.54) is 149 Å². The Morgan fingerprint density at radius 3 is 1.49 bits per heavy atom. The summed E-state index contributed by atoms with van der Waals surface area (Å²) in [5.74, 6) is 0. The van der Waals surface area contributed by atoms with E-state index < -0.39 is 5.41 Å². The number of hydrogen-bond acceptors (Lipinski definition) is 1. The minimum absolute atomic E-state index is 0.159. The van der Waals surface area contributed by atoms with E-state index in [0.717, 1.165) is 11.4 Å². The van der Waals surface area contributed by atoms with Gasteiger partial charge in [0.2, 0.25) is 0 Å². The molecule has 18 rings (SSSR count). The number of rotatable bonds is 7. The van der Waals surface area contributed by atoms with Gasteiger partial charge in [-0.15, -0.1) is 0 Å². The molecule has 408 valence electrons. The molecule has 13 aromatic carbocycles. The van der Waals surface area contributed by atoms with Gasteiger partial charge in [0.15, 0.2) is 0 Å². The third kappa shape index (κ3) is 7.01. The minimum atomic E-state index is -0.639. The molecule has 2 aromatic heterocycles. The van der Waals surface area contributed by atoms with Gasteiger partial charge >= 0.3 is 0 Å². The number of fused-ring (bicyclic) bond motifs is 14. The Kier molecular flexibility index (Phi) is 10.7. The van der Waals surface area contributed by atoms with Gasteiger partial charge in [0.25, 0.3) is 6.71 Å². The van der Waals surface area contributed by atoms with Crippen LogP contribution in [0.25, 0.3) is 99.5 Å². The molecule has 0 spiro atoms. The normalized spacial score (nSPS) is 13.5. The van der Waals surface area contributed by atoms with E-state index in [1.54, 1.807) is 0 Å². The Labute approximate surface area is 507 Å². The first kappa shape index (κ1) is 49.7. The zero-order valence-corrected chi connectivity index (χ0v) is 48.7. The maximum absolute atomic E-state index is 2.72. The molecule has 3 aliphatic rings. The first-order chi connectivity index (χ1) is 42.8. The largest absolute Gasteiger partial charge is 0.310 e. The van der Waals surface area contributed by atoms with Crippen LogP contribution in [0.15, 0.2) is 297 Å². The average molecular weight is 1110 g/mol. The van der Waals surface area contributed by atoms with Crippen LogP contribution in [0.5, 0.6) is 0 Å². The summed E-state index contributed by atoms with van der Waals surface area (Å²) in [5, 5.41) is 4.98. The molecule has 4 heterocycles. The second-order valence-electron chi connectivity index (χ2n) is 25.1. The fraction of sp³-hybridized carbons (Fsp3) is 0.0602. The predicted molar refractivity (Wildman–Crippen MR) is 367 cm³/mol. The summed E-state index contributed by atoms with van der Waals surface area (Å²) < 4.78 is 5.19. The molecule has 0 saturated heterocycles. The Balaban J connectivity index is 1.08. The van der Waals surface area contributed by atoms with Crippen molar-refractivity contribution in [3.05, 3.63) is 325 Å². The molecular weight excluding hydrogens is 1050 g/mol. The Morgan fingerprint density at radius 1 is 0.356 bits per heavy atom. The van der Waals surface area contributed by atoms with Crippen LogP contribution in [-0.4, -0.2) is 15.8 Å². The van der Waals surface area contributed by atoms with Gasteiger partial charge in [0, 0.05) is 55.4 Å². The van der Waals surface area contributed by atoms with Crippen LogP contribution in [0.4, 0.5) is 17.1 Å². The monoisotopic (exact) mass is 1110 g/mol. The molecule has 0 saturated carbocycles. The number of aromatic nitrogens is 2. The molecule has 0 fully saturated rings. The first-order valence-electron chi connectivity index (χ1n) is 30.6. The summed E-state index contributed by atoms with van der Waals surface area (Å²) in [6.45, 7) is 6.84. The third-order valence-corrected chi connectivity index (χ3v) is 19.5. The molecule has 0 unspecified atom stereocenters. The van der Waals surface area contributed by atoms with Gasteiger partial charge in [-0.1, -0.05) is 257 Å². The highest BCUT2D eigenvalue weighted by atomic mass is 15.2. The Hall–Kier alpha value is -10.7. The molecule has 87 heavy (non-hydrogen) atoms. The number of benzene rings is 13. The van der Waals surface area contributed by atoms with E-state index in [-0.39, 0.29) is 12.1 Å². The minimum Gasteiger partial charge on any atom is -0.310 e. The molecule has 0 bridgehead atoms. The summed E-state index contributed by atoms with van der Waals surface area (Å²) in [6.07, 6.45) is 0. The van der Waals surface area contributed by atoms with Crippen molar-refractivity contribution in [2.45, 2.75) is 31.6 Å².